The number of carbonyl (C=O) groups excluding carboxylic acids is 3. The summed E-state index contributed by atoms with van der Waals surface area (Å²) >= 11 is 5.90. The number of nitrogens with one attached hydrogen (secondary N) is 3. The predicted octanol–water partition coefficient (Wildman–Crippen LogP) is 5.11. The van der Waals surface area contributed by atoms with Crippen LogP contribution in [0.2, 0.25) is 5.02 Å². The number of benzene rings is 2. The monoisotopic (exact) mass is 718 g/mol. The Labute approximate surface area is 293 Å². The van der Waals surface area contributed by atoms with Gasteiger partial charge in [-0.2, -0.15) is 9.71 Å². The van der Waals surface area contributed by atoms with E-state index in [-0.39, 0.29) is 12.0 Å². The molecule has 0 unspecified atom stereocenters. The molecular formula is C34H47ClN6O7S. The van der Waals surface area contributed by atoms with E-state index < -0.39 is 57.7 Å². The van der Waals surface area contributed by atoms with Crippen LogP contribution in [-0.2, 0) is 46.9 Å². The van der Waals surface area contributed by atoms with Crippen LogP contribution in [0.3, 0.4) is 0 Å². The fraction of sp³-hybridized carbons (Fsp3) is 0.441. The van der Waals surface area contributed by atoms with Crippen LogP contribution >= 0.6 is 11.6 Å². The molecule has 0 radical (unpaired) electrons. The first-order valence-electron chi connectivity index (χ1n) is 15.4. The third-order valence-corrected chi connectivity index (χ3v) is 8.54. The van der Waals surface area contributed by atoms with E-state index in [2.05, 4.69) is 38.7 Å². The summed E-state index contributed by atoms with van der Waals surface area (Å²) in [6, 6.07) is 11.0. The van der Waals surface area contributed by atoms with Gasteiger partial charge in [0.15, 0.2) is 0 Å². The van der Waals surface area contributed by atoms with Gasteiger partial charge >= 0.3 is 5.97 Å². The minimum Gasteiger partial charge on any atom is -0.463 e. The highest BCUT2D eigenvalue weighted by Gasteiger charge is 2.34. The van der Waals surface area contributed by atoms with Gasteiger partial charge in [-0.25, -0.2) is 8.42 Å². The minimum absolute atomic E-state index is 0.169. The topological polar surface area (TPSA) is 173 Å². The highest BCUT2D eigenvalue weighted by atomic mass is 35.5. The zero-order valence-electron chi connectivity index (χ0n) is 29.3. The molecule has 49 heavy (non-hydrogen) atoms. The minimum atomic E-state index is -4.08. The molecular weight excluding hydrogens is 672 g/mol. The maximum absolute atomic E-state index is 13.5. The van der Waals surface area contributed by atoms with Gasteiger partial charge in [-0.1, -0.05) is 56.6 Å². The maximum atomic E-state index is 13.5. The van der Waals surface area contributed by atoms with Crippen LogP contribution in [0.25, 0.3) is 0 Å². The predicted molar refractivity (Wildman–Crippen MR) is 189 cm³/mol. The average Bonchev–Trinajstić information content (AvgIpc) is 3.52. The fourth-order valence-corrected chi connectivity index (χ4v) is 5.40. The van der Waals surface area contributed by atoms with Crippen molar-refractivity contribution in [3.63, 3.8) is 0 Å². The van der Waals surface area contributed by atoms with Gasteiger partial charge < -0.3 is 24.8 Å². The lowest BCUT2D eigenvalue weighted by Crippen LogP contribution is -2.55. The van der Waals surface area contributed by atoms with Crippen molar-refractivity contribution >= 4 is 51.0 Å². The van der Waals surface area contributed by atoms with Crippen LogP contribution in [0.1, 0.15) is 65.5 Å². The first-order chi connectivity index (χ1) is 22.7. The van der Waals surface area contributed by atoms with Gasteiger partial charge in [0.05, 0.1) is 11.2 Å². The number of anilines is 2. The van der Waals surface area contributed by atoms with Crippen molar-refractivity contribution in [3.8, 4) is 0 Å². The summed E-state index contributed by atoms with van der Waals surface area (Å²) in [4.78, 5) is 44.5. The van der Waals surface area contributed by atoms with Crippen LogP contribution < -0.4 is 15.4 Å². The van der Waals surface area contributed by atoms with Gasteiger partial charge in [-0.15, -0.1) is 13.2 Å². The Balaban J connectivity index is 0.00000409. The van der Waals surface area contributed by atoms with Gasteiger partial charge in [0.1, 0.15) is 18.7 Å². The second kappa shape index (κ2) is 17.4. The first-order valence-corrected chi connectivity index (χ1v) is 17.4. The van der Waals surface area contributed by atoms with E-state index in [1.165, 1.54) is 14.0 Å². The Morgan fingerprint density at radius 3 is 2.08 bits per heavy atom. The summed E-state index contributed by atoms with van der Waals surface area (Å²) in [5, 5.41) is 10.2. The standard InChI is InChI=1S/C32H43ClN6O7S.C2H4/c1-20(26(40)34-17-21-11-15-24(16-12-21)35-30-36-28(46-37-30)31(2,3)4)39(8)27(41)25(18-45-29(42)32(5,6)7)38-47(43,44)19-22-9-13-23(33)14-10-22;1-2/h9-16,20,25,38H,17-19H2,1-8H3,(H,34,40)(H,35,37);1-2H2/t20-,25+;/m0./s1. The van der Waals surface area contributed by atoms with Crippen molar-refractivity contribution < 1.29 is 32.1 Å². The lowest BCUT2D eigenvalue weighted by molar-refractivity contribution is -0.155. The van der Waals surface area contributed by atoms with Crippen LogP contribution in [0.5, 0.6) is 0 Å². The molecule has 0 saturated heterocycles. The highest BCUT2D eigenvalue weighted by molar-refractivity contribution is 7.88. The number of carbonyl (C=O) groups is 3. The molecule has 268 valence electrons. The number of aromatic nitrogens is 2. The van der Waals surface area contributed by atoms with Crippen LogP contribution in [0, 0.1) is 5.41 Å². The number of likely N-dealkylation sites (N-methyl/N-ethyl adjacent to an activating group) is 1. The van der Waals surface area contributed by atoms with E-state index in [4.69, 9.17) is 20.9 Å². The molecule has 1 aromatic heterocycles. The SMILES string of the molecule is C=C.C[C@@H](C(=O)NCc1ccc(Nc2noc(C(C)(C)C)n2)cc1)N(C)C(=O)[C@@H](COC(=O)C(C)(C)C)NS(=O)(=O)Cc1ccc(Cl)cc1. The van der Waals surface area contributed by atoms with E-state index in [0.717, 1.165) is 16.2 Å². The van der Waals surface area contributed by atoms with Gasteiger partial charge in [0, 0.05) is 29.7 Å². The van der Waals surface area contributed by atoms with Crippen LogP contribution in [-0.4, -0.2) is 67.0 Å². The zero-order valence-corrected chi connectivity index (χ0v) is 30.9. The zero-order chi connectivity index (χ0) is 37.2. The molecule has 0 aliphatic rings. The van der Waals surface area contributed by atoms with Crippen molar-refractivity contribution in [3.05, 3.63) is 83.7 Å². The molecule has 3 N–H and O–H groups in total. The van der Waals surface area contributed by atoms with Crippen LogP contribution in [0.15, 0.2) is 66.2 Å². The van der Waals surface area contributed by atoms with Crippen molar-refractivity contribution in [1.29, 1.82) is 0 Å². The molecule has 3 aromatic rings. The Morgan fingerprint density at radius 1 is 0.980 bits per heavy atom. The van der Waals surface area contributed by atoms with Crippen molar-refractivity contribution in [2.75, 3.05) is 19.0 Å². The molecule has 2 atom stereocenters. The Morgan fingerprint density at radius 2 is 1.55 bits per heavy atom. The molecule has 0 aliphatic heterocycles. The van der Waals surface area contributed by atoms with Gasteiger partial charge in [0.25, 0.3) is 5.95 Å². The van der Waals surface area contributed by atoms with E-state index in [0.29, 0.717) is 22.4 Å². The van der Waals surface area contributed by atoms with Crippen LogP contribution in [0.4, 0.5) is 11.6 Å². The second-order valence-corrected chi connectivity index (χ2v) is 15.4. The highest BCUT2D eigenvalue weighted by Crippen LogP contribution is 2.23. The van der Waals surface area contributed by atoms with Crippen molar-refractivity contribution in [1.82, 2.24) is 25.1 Å². The lowest BCUT2D eigenvalue weighted by atomic mass is 9.97. The maximum Gasteiger partial charge on any atom is 0.311 e. The molecule has 3 rings (SSSR count). The molecule has 13 nitrogen and oxygen atoms in total. The first kappa shape index (κ1) is 40.9. The molecule has 15 heteroatoms. The number of sulfonamides is 1. The molecule has 0 bridgehead atoms. The molecule has 0 fully saturated rings. The van der Waals surface area contributed by atoms with E-state index in [1.807, 2.05) is 32.9 Å². The van der Waals surface area contributed by atoms with E-state index in [9.17, 15) is 22.8 Å². The number of nitrogens with zero attached hydrogens (tertiary/aromatic N) is 3. The smallest absolute Gasteiger partial charge is 0.311 e. The quantitative estimate of drug-likeness (QED) is 0.159. The largest absolute Gasteiger partial charge is 0.463 e. The number of hydrogen-bond acceptors (Lipinski definition) is 10. The second-order valence-electron chi connectivity index (χ2n) is 13.2. The van der Waals surface area contributed by atoms with Crippen molar-refractivity contribution in [2.45, 2.75) is 78.3 Å². The van der Waals surface area contributed by atoms with Gasteiger partial charge in [-0.3, -0.25) is 14.4 Å². The van der Waals surface area contributed by atoms with E-state index >= 15 is 0 Å². The number of hydrogen-bond donors (Lipinski definition) is 3. The Kier molecular flexibility index (Phi) is 14.5. The summed E-state index contributed by atoms with van der Waals surface area (Å²) in [6.45, 7) is 17.9. The summed E-state index contributed by atoms with van der Waals surface area (Å²) in [6.07, 6.45) is 0. The number of ether oxygens (including phenoxy) is 1. The lowest BCUT2D eigenvalue weighted by Gasteiger charge is -2.29. The summed E-state index contributed by atoms with van der Waals surface area (Å²) in [5.74, 6) is -1.45. The molecule has 0 spiro atoms. The summed E-state index contributed by atoms with van der Waals surface area (Å²) in [7, 11) is -2.70. The molecule has 0 aliphatic carbocycles. The number of amides is 2. The fourth-order valence-electron chi connectivity index (χ4n) is 3.95. The normalized spacial score (nSPS) is 12.9. The van der Waals surface area contributed by atoms with Gasteiger partial charge in [-0.05, 0) is 68.2 Å². The van der Waals surface area contributed by atoms with E-state index in [1.54, 1.807) is 57.2 Å². The average molecular weight is 719 g/mol. The molecule has 0 saturated carbocycles. The summed E-state index contributed by atoms with van der Waals surface area (Å²) < 4.78 is 39.0. The third-order valence-electron chi connectivity index (χ3n) is 6.94. The summed E-state index contributed by atoms with van der Waals surface area (Å²) in [5.41, 5.74) is 0.782. The van der Waals surface area contributed by atoms with Crippen molar-refractivity contribution in [2.24, 2.45) is 5.41 Å². The van der Waals surface area contributed by atoms with Gasteiger partial charge in [0.2, 0.25) is 27.7 Å². The number of halogens is 1. The number of rotatable bonds is 13. The third kappa shape index (κ3) is 12.9. The molecule has 2 aromatic carbocycles. The molecule has 2 amide bonds. The Bertz CT molecular complexity index is 1660. The molecule has 1 heterocycles. The Hall–Kier alpha value is -4.27. The number of esters is 1.